The molecule has 0 N–H and O–H groups in total. The second-order valence-corrected chi connectivity index (χ2v) is 6.36. The van der Waals surface area contributed by atoms with E-state index in [1.54, 1.807) is 24.3 Å². The van der Waals surface area contributed by atoms with Crippen molar-refractivity contribution >= 4 is 16.9 Å². The lowest BCUT2D eigenvalue weighted by molar-refractivity contribution is 0.377. The molecule has 9 heteroatoms. The highest BCUT2D eigenvalue weighted by Gasteiger charge is 2.25. The van der Waals surface area contributed by atoms with Gasteiger partial charge in [-0.3, -0.25) is 4.21 Å². The zero-order valence-corrected chi connectivity index (χ0v) is 14.0. The van der Waals surface area contributed by atoms with Crippen molar-refractivity contribution in [2.75, 3.05) is 7.11 Å². The summed E-state index contributed by atoms with van der Waals surface area (Å²) in [5.74, 6) is -10.5. The minimum atomic E-state index is -2.31. The first-order valence-corrected chi connectivity index (χ1v) is 8.26. The summed E-state index contributed by atoms with van der Waals surface area (Å²) in [5, 5.41) is 9.06. The fraction of sp³-hybridized carbons (Fsp3) is 0.118. The monoisotopic (exact) mass is 387 g/mol. The smallest absolute Gasteiger partial charge is 0.200 e. The van der Waals surface area contributed by atoms with Crippen LogP contribution in [0.15, 0.2) is 29.2 Å². The van der Waals surface area contributed by atoms with Crippen LogP contribution in [0.25, 0.3) is 6.08 Å². The van der Waals surface area contributed by atoms with Crippen molar-refractivity contribution in [1.29, 1.82) is 5.26 Å². The molecule has 0 aliphatic heterocycles. The van der Waals surface area contributed by atoms with Crippen LogP contribution in [-0.4, -0.2) is 11.3 Å². The molecular weight excluding hydrogens is 377 g/mol. The van der Waals surface area contributed by atoms with E-state index >= 15 is 0 Å². The Morgan fingerprint density at radius 1 is 1.04 bits per heavy atom. The largest absolute Gasteiger partial charge is 0.497 e. The molecule has 0 radical (unpaired) electrons. The molecule has 0 saturated heterocycles. The van der Waals surface area contributed by atoms with Crippen LogP contribution in [0, 0.1) is 40.4 Å². The zero-order valence-electron chi connectivity index (χ0n) is 13.2. The van der Waals surface area contributed by atoms with Gasteiger partial charge in [0.2, 0.25) is 5.82 Å². The van der Waals surface area contributed by atoms with Gasteiger partial charge in [0.05, 0.1) is 29.2 Å². The molecule has 0 bridgehead atoms. The van der Waals surface area contributed by atoms with E-state index in [1.165, 1.54) is 13.2 Å². The SMILES string of the molecule is COc1ccc(CS(=O)/C(C#N)=C/c2c(F)c(F)c(F)c(F)c2F)cc1. The molecule has 0 aromatic heterocycles. The van der Waals surface area contributed by atoms with Crippen molar-refractivity contribution in [1.82, 2.24) is 0 Å². The van der Waals surface area contributed by atoms with Gasteiger partial charge in [-0.15, -0.1) is 0 Å². The number of rotatable bonds is 5. The van der Waals surface area contributed by atoms with Gasteiger partial charge in [0, 0.05) is 0 Å². The van der Waals surface area contributed by atoms with Gasteiger partial charge in [0.15, 0.2) is 23.3 Å². The van der Waals surface area contributed by atoms with Gasteiger partial charge in [-0.2, -0.15) is 5.26 Å². The zero-order chi connectivity index (χ0) is 19.4. The van der Waals surface area contributed by atoms with Crippen LogP contribution in [0.2, 0.25) is 0 Å². The van der Waals surface area contributed by atoms with Crippen LogP contribution in [0.1, 0.15) is 11.1 Å². The highest BCUT2D eigenvalue weighted by Crippen LogP contribution is 2.26. The Kier molecular flexibility index (Phi) is 6.10. The van der Waals surface area contributed by atoms with Gasteiger partial charge < -0.3 is 4.74 Å². The summed E-state index contributed by atoms with van der Waals surface area (Å²) in [6.45, 7) is 0. The van der Waals surface area contributed by atoms with Crippen LogP contribution in [0.4, 0.5) is 22.0 Å². The minimum Gasteiger partial charge on any atom is -0.497 e. The number of halogens is 5. The molecular formula is C17H10F5NO2S. The number of hydrogen-bond acceptors (Lipinski definition) is 3. The van der Waals surface area contributed by atoms with Crippen LogP contribution in [0.5, 0.6) is 5.75 Å². The third-order valence-electron chi connectivity index (χ3n) is 3.33. The fourth-order valence-corrected chi connectivity index (χ4v) is 2.98. The molecule has 0 aliphatic rings. The third kappa shape index (κ3) is 3.91. The van der Waals surface area contributed by atoms with Crippen molar-refractivity contribution in [3.05, 3.63) is 69.4 Å². The maximum atomic E-state index is 13.7. The molecule has 2 aromatic carbocycles. The standard InChI is InChI=1S/C17H10F5NO2S/c1-25-10-4-2-9(3-5-10)8-26(24)11(7-23)6-12-13(18)15(20)17(22)16(21)14(12)19/h2-6H,8H2,1H3/b11-6+. The number of ether oxygens (including phenoxy) is 1. The summed E-state index contributed by atoms with van der Waals surface area (Å²) in [4.78, 5) is -0.635. The average Bonchev–Trinajstić information content (AvgIpc) is 2.65. The summed E-state index contributed by atoms with van der Waals surface area (Å²) in [7, 11) is -0.614. The molecule has 0 saturated carbocycles. The van der Waals surface area contributed by atoms with E-state index in [0.29, 0.717) is 17.4 Å². The number of allylic oxidation sites excluding steroid dienone is 1. The first kappa shape index (κ1) is 19.6. The summed E-state index contributed by atoms with van der Waals surface area (Å²) in [6.07, 6.45) is 0.399. The van der Waals surface area contributed by atoms with Crippen LogP contribution in [0.3, 0.4) is 0 Å². The Morgan fingerprint density at radius 3 is 2.00 bits per heavy atom. The fourth-order valence-electron chi connectivity index (χ4n) is 1.98. The molecule has 2 aromatic rings. The van der Waals surface area contributed by atoms with Crippen molar-refractivity contribution in [3.8, 4) is 11.8 Å². The van der Waals surface area contributed by atoms with Crippen molar-refractivity contribution in [2.45, 2.75) is 5.75 Å². The normalized spacial score (nSPS) is 12.6. The number of methoxy groups -OCH3 is 1. The van der Waals surface area contributed by atoms with Gasteiger partial charge in [-0.1, -0.05) is 12.1 Å². The van der Waals surface area contributed by atoms with Crippen molar-refractivity contribution in [2.24, 2.45) is 0 Å². The van der Waals surface area contributed by atoms with E-state index in [-0.39, 0.29) is 5.75 Å². The Morgan fingerprint density at radius 2 is 1.54 bits per heavy atom. The van der Waals surface area contributed by atoms with Crippen LogP contribution < -0.4 is 4.74 Å². The van der Waals surface area contributed by atoms with E-state index in [0.717, 1.165) is 0 Å². The first-order valence-electron chi connectivity index (χ1n) is 6.94. The second-order valence-electron chi connectivity index (χ2n) is 4.94. The maximum absolute atomic E-state index is 13.7. The molecule has 26 heavy (non-hydrogen) atoms. The molecule has 136 valence electrons. The highest BCUT2D eigenvalue weighted by molar-refractivity contribution is 7.88. The third-order valence-corrected chi connectivity index (χ3v) is 4.63. The van der Waals surface area contributed by atoms with E-state index in [9.17, 15) is 26.2 Å². The molecule has 0 spiro atoms. The van der Waals surface area contributed by atoms with Gasteiger partial charge in [-0.25, -0.2) is 22.0 Å². The lowest BCUT2D eigenvalue weighted by Gasteiger charge is -2.06. The van der Waals surface area contributed by atoms with E-state index in [1.807, 2.05) is 0 Å². The lowest BCUT2D eigenvalue weighted by Crippen LogP contribution is -2.05. The number of hydrogen-bond donors (Lipinski definition) is 0. The Balaban J connectivity index is 2.39. The quantitative estimate of drug-likeness (QED) is 0.334. The van der Waals surface area contributed by atoms with Crippen LogP contribution in [-0.2, 0) is 16.6 Å². The Hall–Kier alpha value is -2.73. The molecule has 3 nitrogen and oxygen atoms in total. The molecule has 1 unspecified atom stereocenters. The molecule has 0 aliphatic carbocycles. The Labute approximate surface area is 147 Å². The van der Waals surface area contributed by atoms with Gasteiger partial charge in [-0.05, 0) is 23.8 Å². The molecule has 0 amide bonds. The Bertz CT molecular complexity index is 907. The van der Waals surface area contributed by atoms with Crippen molar-refractivity contribution < 1.29 is 30.9 Å². The van der Waals surface area contributed by atoms with Gasteiger partial charge in [0.25, 0.3) is 0 Å². The van der Waals surface area contributed by atoms with E-state index in [4.69, 9.17) is 10.00 Å². The predicted octanol–water partition coefficient (Wildman–Crippen LogP) is 4.20. The van der Waals surface area contributed by atoms with Crippen LogP contribution >= 0.6 is 0 Å². The summed E-state index contributed by atoms with van der Waals surface area (Å²) in [6, 6.07) is 7.74. The number of benzene rings is 2. The summed E-state index contributed by atoms with van der Waals surface area (Å²) >= 11 is 0. The highest BCUT2D eigenvalue weighted by atomic mass is 32.2. The second kappa shape index (κ2) is 8.10. The van der Waals surface area contributed by atoms with E-state index < -0.39 is 50.4 Å². The number of nitriles is 1. The summed E-state index contributed by atoms with van der Waals surface area (Å²) < 4.78 is 84.0. The lowest BCUT2D eigenvalue weighted by atomic mass is 10.1. The summed E-state index contributed by atoms with van der Waals surface area (Å²) in [5.41, 5.74) is -0.802. The average molecular weight is 387 g/mol. The minimum absolute atomic E-state index is 0.196. The van der Waals surface area contributed by atoms with Gasteiger partial charge in [0.1, 0.15) is 16.7 Å². The molecule has 2 rings (SSSR count). The first-order chi connectivity index (χ1) is 12.3. The predicted molar refractivity (Wildman–Crippen MR) is 84.7 cm³/mol. The molecule has 0 fully saturated rings. The number of nitrogens with zero attached hydrogens (tertiary/aromatic N) is 1. The maximum Gasteiger partial charge on any atom is 0.200 e. The molecule has 1 atom stereocenters. The molecule has 0 heterocycles. The van der Waals surface area contributed by atoms with Crippen molar-refractivity contribution in [3.63, 3.8) is 0 Å². The topological polar surface area (TPSA) is 50.1 Å². The van der Waals surface area contributed by atoms with Gasteiger partial charge >= 0.3 is 0 Å². The van der Waals surface area contributed by atoms with E-state index in [2.05, 4.69) is 0 Å².